The fourth-order valence-corrected chi connectivity index (χ4v) is 1.91. The highest BCUT2D eigenvalue weighted by molar-refractivity contribution is 6.29. The Hall–Kier alpha value is -2.01. The fourth-order valence-electron chi connectivity index (χ4n) is 1.77. The first-order valence-corrected chi connectivity index (χ1v) is 5.70. The van der Waals surface area contributed by atoms with Crippen LogP contribution in [0.3, 0.4) is 0 Å². The molecule has 0 bridgehead atoms. The van der Waals surface area contributed by atoms with E-state index in [1.807, 2.05) is 6.07 Å². The minimum absolute atomic E-state index is 0.262. The molecule has 0 amide bonds. The van der Waals surface area contributed by atoms with Gasteiger partial charge in [-0.05, 0) is 17.7 Å². The Bertz CT molecular complexity index is 710. The highest BCUT2D eigenvalue weighted by Crippen LogP contribution is 2.12. The normalized spacial score (nSPS) is 11.0. The van der Waals surface area contributed by atoms with E-state index in [1.165, 1.54) is 12.1 Å². The predicted octanol–water partition coefficient (Wildman–Crippen LogP) is 2.51. The summed E-state index contributed by atoms with van der Waals surface area (Å²) in [4.78, 5) is 3.97. The number of aromatic nitrogens is 4. The number of nitrogens with zero attached hydrogens (tertiary/aromatic N) is 4. The summed E-state index contributed by atoms with van der Waals surface area (Å²) < 4.78 is 14.8. The van der Waals surface area contributed by atoms with Gasteiger partial charge in [-0.15, -0.1) is 10.2 Å². The Balaban J connectivity index is 2.00. The predicted molar refractivity (Wildman–Crippen MR) is 65.0 cm³/mol. The molecule has 18 heavy (non-hydrogen) atoms. The maximum absolute atomic E-state index is 13.1. The molecule has 0 radical (unpaired) electrons. The zero-order chi connectivity index (χ0) is 12.5. The molecule has 0 aliphatic rings. The van der Waals surface area contributed by atoms with E-state index in [-0.39, 0.29) is 5.82 Å². The van der Waals surface area contributed by atoms with Crippen molar-refractivity contribution in [3.63, 3.8) is 0 Å². The van der Waals surface area contributed by atoms with E-state index in [4.69, 9.17) is 11.6 Å². The Morgan fingerprint density at radius 2 is 2.11 bits per heavy atom. The van der Waals surface area contributed by atoms with Crippen molar-refractivity contribution in [2.24, 2.45) is 0 Å². The van der Waals surface area contributed by atoms with E-state index < -0.39 is 0 Å². The van der Waals surface area contributed by atoms with Crippen molar-refractivity contribution in [1.29, 1.82) is 0 Å². The first-order chi connectivity index (χ1) is 8.72. The second kappa shape index (κ2) is 4.34. The van der Waals surface area contributed by atoms with Gasteiger partial charge in [-0.1, -0.05) is 23.7 Å². The molecule has 0 saturated carbocycles. The lowest BCUT2D eigenvalue weighted by molar-refractivity contribution is 0.625. The molecule has 4 nitrogen and oxygen atoms in total. The topological polar surface area (TPSA) is 43.1 Å². The molecule has 2 heterocycles. The molecule has 2 aromatic heterocycles. The number of hydrogen-bond donors (Lipinski definition) is 0. The van der Waals surface area contributed by atoms with Crippen molar-refractivity contribution in [2.75, 3.05) is 0 Å². The van der Waals surface area contributed by atoms with Gasteiger partial charge >= 0.3 is 0 Å². The van der Waals surface area contributed by atoms with E-state index in [0.717, 1.165) is 5.56 Å². The summed E-state index contributed by atoms with van der Waals surface area (Å²) >= 11 is 5.77. The second-order valence-corrected chi connectivity index (χ2v) is 4.25. The van der Waals surface area contributed by atoms with E-state index in [0.29, 0.717) is 23.0 Å². The molecule has 0 unspecified atom stereocenters. The van der Waals surface area contributed by atoms with Crippen molar-refractivity contribution >= 4 is 17.2 Å². The average Bonchev–Trinajstić information content (AvgIpc) is 2.72. The zero-order valence-electron chi connectivity index (χ0n) is 9.22. The molecule has 0 aliphatic heterocycles. The molecule has 6 heteroatoms. The lowest BCUT2D eigenvalue weighted by Crippen LogP contribution is -1.97. The minimum atomic E-state index is -0.262. The van der Waals surface area contributed by atoms with Crippen molar-refractivity contribution in [2.45, 2.75) is 6.42 Å². The average molecular weight is 263 g/mol. The smallest absolute Gasteiger partial charge is 0.165 e. The second-order valence-electron chi connectivity index (χ2n) is 3.86. The van der Waals surface area contributed by atoms with Crippen LogP contribution in [-0.4, -0.2) is 19.6 Å². The van der Waals surface area contributed by atoms with Crippen LogP contribution in [0.4, 0.5) is 4.39 Å². The molecule has 0 atom stereocenters. The first kappa shape index (κ1) is 11.1. The zero-order valence-corrected chi connectivity index (χ0v) is 9.97. The highest BCUT2D eigenvalue weighted by atomic mass is 35.5. The lowest BCUT2D eigenvalue weighted by atomic mass is 10.1. The maximum Gasteiger partial charge on any atom is 0.165 e. The molecule has 3 aromatic rings. The van der Waals surface area contributed by atoms with Crippen LogP contribution in [0, 0.1) is 5.82 Å². The summed E-state index contributed by atoms with van der Waals surface area (Å²) in [7, 11) is 0. The van der Waals surface area contributed by atoms with Crippen molar-refractivity contribution in [3.8, 4) is 0 Å². The largest absolute Gasteiger partial charge is 0.269 e. The number of benzene rings is 1. The number of fused-ring (bicyclic) bond motifs is 1. The fraction of sp³-hybridized carbons (Fsp3) is 0.0833. The maximum atomic E-state index is 13.1. The van der Waals surface area contributed by atoms with Gasteiger partial charge in [-0.2, -0.15) is 0 Å². The quantitative estimate of drug-likeness (QED) is 0.667. The van der Waals surface area contributed by atoms with Crippen molar-refractivity contribution in [1.82, 2.24) is 19.6 Å². The van der Waals surface area contributed by atoms with Crippen LogP contribution in [0.15, 0.2) is 36.7 Å². The third-order valence-corrected chi connectivity index (χ3v) is 2.80. The molecule has 3 rings (SSSR count). The van der Waals surface area contributed by atoms with Crippen molar-refractivity contribution in [3.05, 3.63) is 59.0 Å². The summed E-state index contributed by atoms with van der Waals surface area (Å²) in [6.07, 6.45) is 2.05. The van der Waals surface area contributed by atoms with Crippen LogP contribution in [0.1, 0.15) is 11.4 Å². The summed E-state index contributed by atoms with van der Waals surface area (Å²) in [6.45, 7) is 0. The van der Waals surface area contributed by atoms with Crippen LogP contribution < -0.4 is 0 Å². The Morgan fingerprint density at radius 3 is 2.94 bits per heavy atom. The number of halogens is 2. The van der Waals surface area contributed by atoms with Crippen LogP contribution in [-0.2, 0) is 6.42 Å². The van der Waals surface area contributed by atoms with Crippen LogP contribution in [0.25, 0.3) is 5.65 Å². The lowest BCUT2D eigenvalue weighted by Gasteiger charge is -2.00. The standard InChI is InChI=1S/C12H8ClFN4/c13-10-6-12-17-16-11(18(12)7-15-10)5-8-2-1-3-9(14)4-8/h1-4,6-7H,5H2. The molecule has 0 N–H and O–H groups in total. The van der Waals surface area contributed by atoms with Gasteiger partial charge in [0, 0.05) is 12.5 Å². The molecule has 90 valence electrons. The monoisotopic (exact) mass is 262 g/mol. The summed E-state index contributed by atoms with van der Waals surface area (Å²) in [5.41, 5.74) is 1.46. The van der Waals surface area contributed by atoms with Crippen LogP contribution in [0.2, 0.25) is 5.15 Å². The summed E-state index contributed by atoms with van der Waals surface area (Å²) in [5.74, 6) is 0.433. The van der Waals surface area contributed by atoms with E-state index in [9.17, 15) is 4.39 Å². The summed E-state index contributed by atoms with van der Waals surface area (Å²) in [5, 5.41) is 8.41. The van der Waals surface area contributed by atoms with Crippen molar-refractivity contribution < 1.29 is 4.39 Å². The van der Waals surface area contributed by atoms with Gasteiger partial charge < -0.3 is 0 Å². The van der Waals surface area contributed by atoms with Gasteiger partial charge in [0.1, 0.15) is 23.1 Å². The van der Waals surface area contributed by atoms with Gasteiger partial charge in [-0.25, -0.2) is 9.37 Å². The van der Waals surface area contributed by atoms with Gasteiger partial charge in [0.15, 0.2) is 5.65 Å². The number of rotatable bonds is 2. The van der Waals surface area contributed by atoms with Crippen LogP contribution >= 0.6 is 11.6 Å². The SMILES string of the molecule is Fc1cccc(Cc2nnc3cc(Cl)ncn23)c1. The molecule has 0 fully saturated rings. The van der Waals surface area contributed by atoms with Gasteiger partial charge in [0.05, 0.1) is 0 Å². The Labute approximate surface area is 107 Å². The Morgan fingerprint density at radius 1 is 1.22 bits per heavy atom. The summed E-state index contributed by atoms with van der Waals surface area (Å²) in [6, 6.07) is 8.03. The highest BCUT2D eigenvalue weighted by Gasteiger charge is 2.07. The molecule has 1 aromatic carbocycles. The molecule has 0 aliphatic carbocycles. The molecule has 0 saturated heterocycles. The van der Waals surface area contributed by atoms with Gasteiger partial charge in [0.2, 0.25) is 0 Å². The number of hydrogen-bond acceptors (Lipinski definition) is 3. The van der Waals surface area contributed by atoms with E-state index in [1.54, 1.807) is 22.9 Å². The molecular weight excluding hydrogens is 255 g/mol. The molecular formula is C12H8ClFN4. The first-order valence-electron chi connectivity index (χ1n) is 5.32. The third-order valence-electron chi connectivity index (χ3n) is 2.59. The minimum Gasteiger partial charge on any atom is -0.269 e. The van der Waals surface area contributed by atoms with Crippen LogP contribution in [0.5, 0.6) is 0 Å². The van der Waals surface area contributed by atoms with E-state index >= 15 is 0 Å². The Kier molecular flexibility index (Phi) is 2.68. The van der Waals surface area contributed by atoms with Gasteiger partial charge in [0.25, 0.3) is 0 Å². The third kappa shape index (κ3) is 2.04. The van der Waals surface area contributed by atoms with Gasteiger partial charge in [-0.3, -0.25) is 4.40 Å². The molecule has 0 spiro atoms. The van der Waals surface area contributed by atoms with E-state index in [2.05, 4.69) is 15.2 Å².